The fourth-order valence-corrected chi connectivity index (χ4v) is 2.08. The lowest BCUT2D eigenvalue weighted by molar-refractivity contribution is 0.888. The highest BCUT2D eigenvalue weighted by Crippen LogP contribution is 2.16. The van der Waals surface area contributed by atoms with Crippen molar-refractivity contribution < 1.29 is 0 Å². The molecule has 0 atom stereocenters. The third kappa shape index (κ3) is 2.18. The van der Waals surface area contributed by atoms with Crippen molar-refractivity contribution in [3.05, 3.63) is 40.5 Å². The van der Waals surface area contributed by atoms with Crippen molar-refractivity contribution in [1.82, 2.24) is 9.97 Å². The molecule has 0 fully saturated rings. The summed E-state index contributed by atoms with van der Waals surface area (Å²) >= 11 is 1.66. The summed E-state index contributed by atoms with van der Waals surface area (Å²) in [4.78, 5) is 10.1. The highest BCUT2D eigenvalue weighted by molar-refractivity contribution is 7.07. The summed E-state index contributed by atoms with van der Waals surface area (Å²) in [5, 5.41) is 13.0. The summed E-state index contributed by atoms with van der Waals surface area (Å²) in [7, 11) is 1.91. The number of nitriles is 1. The van der Waals surface area contributed by atoms with E-state index >= 15 is 0 Å². The Balaban J connectivity index is 2.21. The maximum atomic E-state index is 8.92. The molecule has 0 spiro atoms. The van der Waals surface area contributed by atoms with Crippen LogP contribution in [0.5, 0.6) is 0 Å². The van der Waals surface area contributed by atoms with Crippen LogP contribution in [0.4, 0.5) is 5.82 Å². The van der Waals surface area contributed by atoms with Crippen molar-refractivity contribution in [3.8, 4) is 6.07 Å². The fourth-order valence-electron chi connectivity index (χ4n) is 1.42. The minimum atomic E-state index is 0.361. The Morgan fingerprint density at radius 2 is 2.25 bits per heavy atom. The van der Waals surface area contributed by atoms with Gasteiger partial charge in [0.15, 0.2) is 11.5 Å². The molecule has 0 N–H and O–H groups in total. The van der Waals surface area contributed by atoms with E-state index in [4.69, 9.17) is 5.26 Å². The van der Waals surface area contributed by atoms with Gasteiger partial charge in [-0.3, -0.25) is 0 Å². The van der Waals surface area contributed by atoms with Crippen molar-refractivity contribution in [2.75, 3.05) is 11.9 Å². The zero-order valence-electron chi connectivity index (χ0n) is 8.79. The summed E-state index contributed by atoms with van der Waals surface area (Å²) in [6, 6.07) is 4.10. The van der Waals surface area contributed by atoms with E-state index in [0.29, 0.717) is 11.5 Å². The van der Waals surface area contributed by atoms with E-state index in [1.54, 1.807) is 17.5 Å². The van der Waals surface area contributed by atoms with Gasteiger partial charge in [0.25, 0.3) is 0 Å². The molecular formula is C11H10N4S. The third-order valence-electron chi connectivity index (χ3n) is 2.15. The molecule has 0 amide bonds. The van der Waals surface area contributed by atoms with Gasteiger partial charge >= 0.3 is 0 Å². The van der Waals surface area contributed by atoms with E-state index in [2.05, 4.69) is 21.4 Å². The quantitative estimate of drug-likeness (QED) is 0.809. The average molecular weight is 230 g/mol. The van der Waals surface area contributed by atoms with Gasteiger partial charge in [-0.05, 0) is 22.4 Å². The Hall–Kier alpha value is -1.93. The van der Waals surface area contributed by atoms with Gasteiger partial charge in [-0.2, -0.15) is 16.6 Å². The van der Waals surface area contributed by atoms with Gasteiger partial charge in [-0.15, -0.1) is 0 Å². The van der Waals surface area contributed by atoms with E-state index in [0.717, 1.165) is 6.54 Å². The first-order valence-electron chi connectivity index (χ1n) is 4.74. The number of hydrogen-bond donors (Lipinski definition) is 0. The lowest BCUT2D eigenvalue weighted by Crippen LogP contribution is -2.18. The highest BCUT2D eigenvalue weighted by atomic mass is 32.1. The summed E-state index contributed by atoms with van der Waals surface area (Å²) in [6.07, 6.45) is 3.13. The Labute approximate surface area is 97.8 Å². The van der Waals surface area contributed by atoms with Crippen LogP contribution in [0, 0.1) is 11.3 Å². The van der Waals surface area contributed by atoms with Crippen LogP contribution in [0.3, 0.4) is 0 Å². The van der Waals surface area contributed by atoms with E-state index in [9.17, 15) is 0 Å². The van der Waals surface area contributed by atoms with Crippen LogP contribution in [0.1, 0.15) is 11.3 Å². The third-order valence-corrected chi connectivity index (χ3v) is 2.88. The molecule has 0 saturated heterocycles. The van der Waals surface area contributed by atoms with Gasteiger partial charge in [0.2, 0.25) is 0 Å². The molecule has 0 radical (unpaired) electrons. The minimum absolute atomic E-state index is 0.361. The second kappa shape index (κ2) is 4.73. The van der Waals surface area contributed by atoms with Crippen molar-refractivity contribution in [1.29, 1.82) is 5.26 Å². The molecule has 2 heterocycles. The normalized spacial score (nSPS) is 9.75. The molecule has 2 aromatic rings. The van der Waals surface area contributed by atoms with Crippen molar-refractivity contribution >= 4 is 17.2 Å². The molecule has 0 aliphatic carbocycles. The first kappa shape index (κ1) is 10.6. The first-order valence-corrected chi connectivity index (χ1v) is 5.69. The Kier molecular flexibility index (Phi) is 3.13. The van der Waals surface area contributed by atoms with Crippen LogP contribution in [0.25, 0.3) is 0 Å². The number of rotatable bonds is 3. The van der Waals surface area contributed by atoms with Crippen molar-refractivity contribution in [2.45, 2.75) is 6.54 Å². The van der Waals surface area contributed by atoms with Gasteiger partial charge in [-0.1, -0.05) is 0 Å². The van der Waals surface area contributed by atoms with Gasteiger partial charge in [0.05, 0.1) is 0 Å². The van der Waals surface area contributed by atoms with Gasteiger partial charge < -0.3 is 4.90 Å². The lowest BCUT2D eigenvalue weighted by Gasteiger charge is -2.17. The van der Waals surface area contributed by atoms with Gasteiger partial charge in [-0.25, -0.2) is 9.97 Å². The van der Waals surface area contributed by atoms with E-state index in [-0.39, 0.29) is 0 Å². The topological polar surface area (TPSA) is 52.8 Å². The predicted octanol–water partition coefficient (Wildman–Crippen LogP) is 2.05. The number of anilines is 1. The molecule has 0 aliphatic rings. The zero-order valence-corrected chi connectivity index (χ0v) is 9.61. The van der Waals surface area contributed by atoms with Crippen molar-refractivity contribution in [3.63, 3.8) is 0 Å². The summed E-state index contributed by atoms with van der Waals surface area (Å²) in [6.45, 7) is 0.733. The van der Waals surface area contributed by atoms with E-state index in [1.165, 1.54) is 11.8 Å². The second-order valence-electron chi connectivity index (χ2n) is 3.33. The van der Waals surface area contributed by atoms with Crippen LogP contribution in [-0.2, 0) is 6.54 Å². The molecule has 0 aromatic carbocycles. The van der Waals surface area contributed by atoms with Crippen LogP contribution in [-0.4, -0.2) is 17.0 Å². The SMILES string of the molecule is CN(Cc1ccsc1)c1nccnc1C#N. The van der Waals surface area contributed by atoms with Gasteiger partial charge in [0, 0.05) is 26.0 Å². The number of nitrogens with zero attached hydrogens (tertiary/aromatic N) is 4. The molecule has 0 saturated carbocycles. The molecular weight excluding hydrogens is 220 g/mol. The Morgan fingerprint density at radius 3 is 2.94 bits per heavy atom. The smallest absolute Gasteiger partial charge is 0.183 e. The molecule has 0 aliphatic heterocycles. The van der Waals surface area contributed by atoms with E-state index in [1.807, 2.05) is 23.4 Å². The molecule has 4 nitrogen and oxygen atoms in total. The second-order valence-corrected chi connectivity index (χ2v) is 4.11. The van der Waals surface area contributed by atoms with Gasteiger partial charge in [0.1, 0.15) is 6.07 Å². The fraction of sp³-hybridized carbons (Fsp3) is 0.182. The Morgan fingerprint density at radius 1 is 1.44 bits per heavy atom. The highest BCUT2D eigenvalue weighted by Gasteiger charge is 2.09. The molecule has 80 valence electrons. The standard InChI is InChI=1S/C11H10N4S/c1-15(7-9-2-5-16-8-9)11-10(6-12)13-3-4-14-11/h2-5,8H,7H2,1H3. The predicted molar refractivity (Wildman–Crippen MR) is 63.2 cm³/mol. The molecule has 0 unspecified atom stereocenters. The maximum Gasteiger partial charge on any atom is 0.183 e. The number of thiophene rings is 1. The number of aromatic nitrogens is 2. The summed E-state index contributed by atoms with van der Waals surface area (Å²) in [5.74, 6) is 0.621. The van der Waals surface area contributed by atoms with Crippen LogP contribution in [0.2, 0.25) is 0 Å². The first-order chi connectivity index (χ1) is 7.81. The molecule has 2 rings (SSSR count). The van der Waals surface area contributed by atoms with E-state index < -0.39 is 0 Å². The van der Waals surface area contributed by atoms with Crippen LogP contribution >= 0.6 is 11.3 Å². The zero-order chi connectivity index (χ0) is 11.4. The largest absolute Gasteiger partial charge is 0.353 e. The Bertz CT molecular complexity index is 501. The number of hydrogen-bond acceptors (Lipinski definition) is 5. The molecule has 5 heteroatoms. The van der Waals surface area contributed by atoms with Crippen LogP contribution < -0.4 is 4.90 Å². The summed E-state index contributed by atoms with van der Waals surface area (Å²) < 4.78 is 0. The molecule has 2 aromatic heterocycles. The molecule has 0 bridgehead atoms. The monoisotopic (exact) mass is 230 g/mol. The summed E-state index contributed by atoms with van der Waals surface area (Å²) in [5.41, 5.74) is 1.57. The molecule has 16 heavy (non-hydrogen) atoms. The van der Waals surface area contributed by atoms with Crippen LogP contribution in [0.15, 0.2) is 29.2 Å². The minimum Gasteiger partial charge on any atom is -0.353 e. The lowest BCUT2D eigenvalue weighted by atomic mass is 10.3. The van der Waals surface area contributed by atoms with Crippen molar-refractivity contribution in [2.24, 2.45) is 0 Å². The average Bonchev–Trinajstić information content (AvgIpc) is 2.81. The maximum absolute atomic E-state index is 8.92.